The van der Waals surface area contributed by atoms with Gasteiger partial charge in [-0.1, -0.05) is 12.8 Å². The van der Waals surface area contributed by atoms with E-state index in [1.807, 2.05) is 20.8 Å². The van der Waals surface area contributed by atoms with Crippen molar-refractivity contribution < 1.29 is 9.53 Å². The van der Waals surface area contributed by atoms with Crippen molar-refractivity contribution >= 4 is 11.9 Å². The molecule has 0 bridgehead atoms. The second-order valence-corrected chi connectivity index (χ2v) is 7.25. The Kier molecular flexibility index (Phi) is 10.5. The summed E-state index contributed by atoms with van der Waals surface area (Å²) in [6.45, 7) is 11.9. The molecule has 0 aromatic carbocycles. The number of aliphatic imine (C=N–C) groups is 1. The van der Waals surface area contributed by atoms with Crippen LogP contribution in [0.2, 0.25) is 0 Å². The number of carbonyl (C=O) groups excluding carboxylic acids is 1. The molecule has 6 heteroatoms. The van der Waals surface area contributed by atoms with Crippen LogP contribution in [0.1, 0.15) is 66.2 Å². The van der Waals surface area contributed by atoms with Gasteiger partial charge in [0.25, 0.3) is 0 Å². The Morgan fingerprint density at radius 2 is 1.92 bits per heavy atom. The van der Waals surface area contributed by atoms with Gasteiger partial charge in [-0.3, -0.25) is 9.79 Å². The Labute approximate surface area is 153 Å². The van der Waals surface area contributed by atoms with E-state index in [4.69, 9.17) is 9.73 Å². The van der Waals surface area contributed by atoms with Crippen LogP contribution in [0.25, 0.3) is 0 Å². The van der Waals surface area contributed by atoms with E-state index in [1.54, 1.807) is 0 Å². The van der Waals surface area contributed by atoms with E-state index < -0.39 is 0 Å². The Morgan fingerprint density at radius 3 is 2.52 bits per heavy atom. The first kappa shape index (κ1) is 21.7. The van der Waals surface area contributed by atoms with Crippen LogP contribution in [-0.4, -0.2) is 50.8 Å². The largest absolute Gasteiger partial charge is 0.382 e. The molecule has 0 unspecified atom stereocenters. The van der Waals surface area contributed by atoms with Crippen molar-refractivity contribution in [1.82, 2.24) is 16.0 Å². The molecule has 0 spiro atoms. The van der Waals surface area contributed by atoms with Crippen LogP contribution in [0.15, 0.2) is 4.99 Å². The van der Waals surface area contributed by atoms with Gasteiger partial charge in [0.1, 0.15) is 0 Å². The summed E-state index contributed by atoms with van der Waals surface area (Å²) in [6.07, 6.45) is 6.60. The van der Waals surface area contributed by atoms with Gasteiger partial charge in [-0.15, -0.1) is 0 Å². The second-order valence-electron chi connectivity index (χ2n) is 7.25. The van der Waals surface area contributed by atoms with E-state index in [1.165, 1.54) is 25.7 Å². The number of amides is 1. The molecule has 6 nitrogen and oxygen atoms in total. The molecule has 0 atom stereocenters. The number of hydrogen-bond acceptors (Lipinski definition) is 3. The minimum absolute atomic E-state index is 0.0716. The minimum atomic E-state index is 0.0716. The van der Waals surface area contributed by atoms with Gasteiger partial charge in [-0.2, -0.15) is 0 Å². The highest BCUT2D eigenvalue weighted by Crippen LogP contribution is 2.41. The molecule has 1 fully saturated rings. The molecule has 1 rings (SSSR count). The minimum Gasteiger partial charge on any atom is -0.382 e. The maximum absolute atomic E-state index is 11.7. The summed E-state index contributed by atoms with van der Waals surface area (Å²) >= 11 is 0. The van der Waals surface area contributed by atoms with Crippen LogP contribution in [0, 0.1) is 5.41 Å². The molecule has 3 N–H and O–H groups in total. The van der Waals surface area contributed by atoms with Crippen LogP contribution in [0.4, 0.5) is 0 Å². The van der Waals surface area contributed by atoms with Gasteiger partial charge in [-0.05, 0) is 52.4 Å². The van der Waals surface area contributed by atoms with Gasteiger partial charge in [0, 0.05) is 45.3 Å². The van der Waals surface area contributed by atoms with Crippen molar-refractivity contribution in [1.29, 1.82) is 0 Å². The summed E-state index contributed by atoms with van der Waals surface area (Å²) in [5.41, 5.74) is 0.284. The normalized spacial score (nSPS) is 16.9. The topological polar surface area (TPSA) is 74.8 Å². The fraction of sp³-hybridized carbons (Fsp3) is 0.895. The fourth-order valence-corrected chi connectivity index (χ4v) is 3.32. The van der Waals surface area contributed by atoms with Gasteiger partial charge in [0.2, 0.25) is 5.91 Å². The van der Waals surface area contributed by atoms with E-state index >= 15 is 0 Å². The van der Waals surface area contributed by atoms with E-state index in [9.17, 15) is 4.79 Å². The summed E-state index contributed by atoms with van der Waals surface area (Å²) in [7, 11) is 0. The standard InChI is InChI=1S/C19H38N4O2/c1-5-20-18(21-13-9-17(24)23-16(3)4)22-15-19(10-7-8-11-19)12-14-25-6-2/h16H,5-15H2,1-4H3,(H,23,24)(H2,20,21,22). The van der Waals surface area contributed by atoms with Crippen LogP contribution < -0.4 is 16.0 Å². The summed E-state index contributed by atoms with van der Waals surface area (Å²) in [4.78, 5) is 16.5. The second kappa shape index (κ2) is 12.1. The lowest BCUT2D eigenvalue weighted by atomic mass is 9.83. The zero-order valence-electron chi connectivity index (χ0n) is 16.6. The van der Waals surface area contributed by atoms with E-state index in [2.05, 4.69) is 22.9 Å². The molecule has 0 aromatic heterocycles. The summed E-state index contributed by atoms with van der Waals surface area (Å²) < 4.78 is 5.57. The van der Waals surface area contributed by atoms with E-state index in [-0.39, 0.29) is 17.4 Å². The summed E-state index contributed by atoms with van der Waals surface area (Å²) in [5, 5.41) is 9.47. The highest BCUT2D eigenvalue weighted by Gasteiger charge is 2.33. The molecule has 0 radical (unpaired) electrons. The van der Waals surface area contributed by atoms with Gasteiger partial charge < -0.3 is 20.7 Å². The molecule has 0 aliphatic heterocycles. The number of carbonyl (C=O) groups is 1. The van der Waals surface area contributed by atoms with Crippen molar-refractivity contribution in [2.24, 2.45) is 10.4 Å². The number of ether oxygens (including phenoxy) is 1. The molecule has 25 heavy (non-hydrogen) atoms. The lowest BCUT2D eigenvalue weighted by molar-refractivity contribution is -0.121. The number of nitrogens with zero attached hydrogens (tertiary/aromatic N) is 1. The molecule has 0 heterocycles. The lowest BCUT2D eigenvalue weighted by Crippen LogP contribution is -2.40. The maximum atomic E-state index is 11.7. The Balaban J connectivity index is 2.50. The first-order chi connectivity index (χ1) is 12.0. The average Bonchev–Trinajstić information content (AvgIpc) is 3.01. The number of hydrogen-bond donors (Lipinski definition) is 3. The van der Waals surface area contributed by atoms with Gasteiger partial charge >= 0.3 is 0 Å². The van der Waals surface area contributed by atoms with Crippen LogP contribution in [0.5, 0.6) is 0 Å². The summed E-state index contributed by atoms with van der Waals surface area (Å²) in [6, 6.07) is 0.182. The van der Waals surface area contributed by atoms with Crippen molar-refractivity contribution in [3.63, 3.8) is 0 Å². The lowest BCUT2D eigenvalue weighted by Gasteiger charge is -2.27. The van der Waals surface area contributed by atoms with Crippen LogP contribution in [0.3, 0.4) is 0 Å². The zero-order chi connectivity index (χ0) is 18.5. The van der Waals surface area contributed by atoms with E-state index in [0.717, 1.165) is 38.7 Å². The maximum Gasteiger partial charge on any atom is 0.221 e. The number of rotatable bonds is 11. The molecule has 146 valence electrons. The van der Waals surface area contributed by atoms with Crippen molar-refractivity contribution in [3.8, 4) is 0 Å². The molecule has 0 aromatic rings. The van der Waals surface area contributed by atoms with Gasteiger partial charge in [-0.25, -0.2) is 0 Å². The monoisotopic (exact) mass is 354 g/mol. The van der Waals surface area contributed by atoms with Gasteiger partial charge in [0.05, 0.1) is 0 Å². The smallest absolute Gasteiger partial charge is 0.221 e. The van der Waals surface area contributed by atoms with Crippen molar-refractivity contribution in [2.75, 3.05) is 32.8 Å². The van der Waals surface area contributed by atoms with Gasteiger partial charge in [0.15, 0.2) is 5.96 Å². The molecule has 1 aliphatic carbocycles. The van der Waals surface area contributed by atoms with E-state index in [0.29, 0.717) is 13.0 Å². The number of guanidine groups is 1. The van der Waals surface area contributed by atoms with Crippen LogP contribution >= 0.6 is 0 Å². The Bertz CT molecular complexity index is 404. The fourth-order valence-electron chi connectivity index (χ4n) is 3.32. The molecular formula is C19H38N4O2. The predicted octanol–water partition coefficient (Wildman–Crippen LogP) is 2.44. The molecule has 1 saturated carbocycles. The SMILES string of the molecule is CCNC(=NCC1(CCOCC)CCCC1)NCCC(=O)NC(C)C. The van der Waals surface area contributed by atoms with Crippen molar-refractivity contribution in [2.45, 2.75) is 72.3 Å². The Hall–Kier alpha value is -1.30. The first-order valence-electron chi connectivity index (χ1n) is 9.90. The van der Waals surface area contributed by atoms with Crippen LogP contribution in [-0.2, 0) is 9.53 Å². The molecular weight excluding hydrogens is 316 g/mol. The highest BCUT2D eigenvalue weighted by molar-refractivity contribution is 5.81. The molecule has 0 saturated heterocycles. The third-order valence-corrected chi connectivity index (χ3v) is 4.66. The third-order valence-electron chi connectivity index (χ3n) is 4.66. The highest BCUT2D eigenvalue weighted by atomic mass is 16.5. The zero-order valence-corrected chi connectivity index (χ0v) is 16.6. The Morgan fingerprint density at radius 1 is 1.20 bits per heavy atom. The summed E-state index contributed by atoms with van der Waals surface area (Å²) in [5.74, 6) is 0.879. The van der Waals surface area contributed by atoms with Crippen molar-refractivity contribution in [3.05, 3.63) is 0 Å². The number of nitrogens with one attached hydrogen (secondary N) is 3. The first-order valence-corrected chi connectivity index (χ1v) is 9.90. The average molecular weight is 355 g/mol. The molecule has 1 aliphatic rings. The predicted molar refractivity (Wildman–Crippen MR) is 104 cm³/mol. The quantitative estimate of drug-likeness (QED) is 0.303. The molecule has 1 amide bonds. The third kappa shape index (κ3) is 9.10.